The molecule has 0 amide bonds. The molecule has 0 atom stereocenters. The van der Waals surface area contributed by atoms with Gasteiger partial charge in [0.15, 0.2) is 8.32 Å². The summed E-state index contributed by atoms with van der Waals surface area (Å²) < 4.78 is 6.10. The summed E-state index contributed by atoms with van der Waals surface area (Å²) in [5, 5.41) is 1.40. The fourth-order valence-corrected chi connectivity index (χ4v) is 2.70. The van der Waals surface area contributed by atoms with Gasteiger partial charge in [-0.1, -0.05) is 20.8 Å². The summed E-state index contributed by atoms with van der Waals surface area (Å²) in [6, 6.07) is 0. The van der Waals surface area contributed by atoms with Crippen molar-refractivity contribution in [1.82, 2.24) is 4.98 Å². The van der Waals surface area contributed by atoms with Crippen LogP contribution in [0.15, 0.2) is 6.20 Å². The van der Waals surface area contributed by atoms with Crippen LogP contribution in [0.1, 0.15) is 30.7 Å². The molecule has 0 radical (unpaired) electrons. The van der Waals surface area contributed by atoms with Gasteiger partial charge in [-0.15, -0.1) is 11.3 Å². The molecular formula is C11H21NOSSi. The van der Waals surface area contributed by atoms with Crippen LogP contribution >= 0.6 is 11.3 Å². The van der Waals surface area contributed by atoms with Gasteiger partial charge in [0.05, 0.1) is 11.6 Å². The molecule has 0 aliphatic carbocycles. The van der Waals surface area contributed by atoms with Crippen molar-refractivity contribution < 1.29 is 4.43 Å². The third kappa shape index (κ3) is 3.40. The van der Waals surface area contributed by atoms with E-state index in [0.29, 0.717) is 0 Å². The molecule has 0 saturated carbocycles. The lowest BCUT2D eigenvalue weighted by atomic mass is 10.2. The molecule has 0 aliphatic rings. The van der Waals surface area contributed by atoms with Crippen molar-refractivity contribution in [3.63, 3.8) is 0 Å². The van der Waals surface area contributed by atoms with Crippen LogP contribution in [0, 0.1) is 6.92 Å². The van der Waals surface area contributed by atoms with Crippen LogP contribution in [-0.2, 0) is 11.0 Å². The van der Waals surface area contributed by atoms with E-state index < -0.39 is 8.32 Å². The Labute approximate surface area is 97.8 Å². The normalized spacial score (nSPS) is 13.2. The molecule has 1 aromatic rings. The van der Waals surface area contributed by atoms with Crippen LogP contribution in [-0.4, -0.2) is 13.3 Å². The predicted molar refractivity (Wildman–Crippen MR) is 68.8 cm³/mol. The van der Waals surface area contributed by atoms with E-state index in [1.54, 1.807) is 11.3 Å². The minimum Gasteiger partial charge on any atom is -0.412 e. The first kappa shape index (κ1) is 12.9. The van der Waals surface area contributed by atoms with Gasteiger partial charge in [-0.25, -0.2) is 4.98 Å². The van der Waals surface area contributed by atoms with Crippen LogP contribution in [0.25, 0.3) is 0 Å². The minimum absolute atomic E-state index is 0.284. The van der Waals surface area contributed by atoms with Crippen molar-refractivity contribution in [2.45, 2.75) is 52.4 Å². The molecule has 1 heterocycles. The molecule has 0 N–H and O–H groups in total. The topological polar surface area (TPSA) is 22.1 Å². The van der Waals surface area contributed by atoms with Crippen LogP contribution < -0.4 is 0 Å². The highest BCUT2D eigenvalue weighted by Crippen LogP contribution is 2.37. The number of thiazole rings is 1. The predicted octanol–water partition coefficient (Wildman–Crippen LogP) is 3.97. The minimum atomic E-state index is -1.60. The van der Waals surface area contributed by atoms with Crippen molar-refractivity contribution in [1.29, 1.82) is 0 Å². The lowest BCUT2D eigenvalue weighted by Gasteiger charge is -2.35. The van der Waals surface area contributed by atoms with Crippen LogP contribution in [0.4, 0.5) is 0 Å². The van der Waals surface area contributed by atoms with E-state index in [2.05, 4.69) is 38.8 Å². The average molecular weight is 243 g/mol. The highest BCUT2D eigenvalue weighted by atomic mass is 32.1. The van der Waals surface area contributed by atoms with E-state index in [4.69, 9.17) is 4.43 Å². The van der Waals surface area contributed by atoms with Gasteiger partial charge < -0.3 is 4.43 Å². The third-order valence-electron chi connectivity index (χ3n) is 3.05. The van der Waals surface area contributed by atoms with Crippen molar-refractivity contribution in [2.24, 2.45) is 0 Å². The van der Waals surface area contributed by atoms with Gasteiger partial charge in [0.1, 0.15) is 0 Å². The van der Waals surface area contributed by atoms with Gasteiger partial charge in [0, 0.05) is 11.1 Å². The van der Waals surface area contributed by atoms with Gasteiger partial charge >= 0.3 is 0 Å². The molecule has 0 saturated heterocycles. The SMILES string of the molecule is Cc1ncc(CO[Si](C)(C)C(C)(C)C)s1. The number of nitrogens with zero attached hydrogens (tertiary/aromatic N) is 1. The third-order valence-corrected chi connectivity index (χ3v) is 8.42. The Bertz CT molecular complexity index is 328. The highest BCUT2D eigenvalue weighted by molar-refractivity contribution is 7.11. The lowest BCUT2D eigenvalue weighted by Crippen LogP contribution is -2.40. The number of hydrogen-bond donors (Lipinski definition) is 0. The van der Waals surface area contributed by atoms with Crippen LogP contribution in [0.2, 0.25) is 18.1 Å². The summed E-state index contributed by atoms with van der Waals surface area (Å²) in [6.45, 7) is 14.1. The lowest BCUT2D eigenvalue weighted by molar-refractivity contribution is 0.279. The molecule has 0 unspecified atom stereocenters. The second kappa shape index (κ2) is 4.35. The zero-order chi connectivity index (χ0) is 11.7. The Morgan fingerprint density at radius 1 is 1.40 bits per heavy atom. The second-order valence-electron chi connectivity index (χ2n) is 5.39. The first-order valence-electron chi connectivity index (χ1n) is 5.28. The Morgan fingerprint density at radius 3 is 2.40 bits per heavy atom. The van der Waals surface area contributed by atoms with Crippen LogP contribution in [0.5, 0.6) is 0 Å². The Hall–Kier alpha value is -0.193. The first-order valence-corrected chi connectivity index (χ1v) is 9.00. The molecule has 86 valence electrons. The van der Waals surface area contributed by atoms with Gasteiger partial charge in [0.25, 0.3) is 0 Å². The number of aromatic nitrogens is 1. The number of aryl methyl sites for hydroxylation is 1. The molecule has 0 fully saturated rings. The monoisotopic (exact) mass is 243 g/mol. The van der Waals surface area contributed by atoms with E-state index in [1.165, 1.54) is 4.88 Å². The molecule has 1 rings (SSSR count). The van der Waals surface area contributed by atoms with Gasteiger partial charge in [-0.2, -0.15) is 0 Å². The average Bonchev–Trinajstić information content (AvgIpc) is 2.46. The smallest absolute Gasteiger partial charge is 0.192 e. The van der Waals surface area contributed by atoms with E-state index >= 15 is 0 Å². The van der Waals surface area contributed by atoms with Crippen LogP contribution in [0.3, 0.4) is 0 Å². The van der Waals surface area contributed by atoms with Gasteiger partial charge in [-0.3, -0.25) is 0 Å². The molecule has 1 aromatic heterocycles. The zero-order valence-electron chi connectivity index (χ0n) is 10.5. The van der Waals surface area contributed by atoms with E-state index in [0.717, 1.165) is 11.6 Å². The largest absolute Gasteiger partial charge is 0.412 e. The first-order chi connectivity index (χ1) is 6.72. The van der Waals surface area contributed by atoms with Crippen molar-refractivity contribution in [3.05, 3.63) is 16.1 Å². The number of hydrogen-bond acceptors (Lipinski definition) is 3. The Morgan fingerprint density at radius 2 is 2.00 bits per heavy atom. The molecule has 0 aromatic carbocycles. The molecule has 0 aliphatic heterocycles. The second-order valence-corrected chi connectivity index (χ2v) is 11.5. The van der Waals surface area contributed by atoms with Crippen molar-refractivity contribution >= 4 is 19.7 Å². The van der Waals surface area contributed by atoms with Gasteiger partial charge in [-0.05, 0) is 25.1 Å². The number of rotatable bonds is 3. The Balaban J connectivity index is 2.57. The molecule has 15 heavy (non-hydrogen) atoms. The zero-order valence-corrected chi connectivity index (χ0v) is 12.4. The van der Waals surface area contributed by atoms with E-state index in [9.17, 15) is 0 Å². The summed E-state index contributed by atoms with van der Waals surface area (Å²) >= 11 is 1.73. The summed E-state index contributed by atoms with van der Waals surface area (Å²) in [5.41, 5.74) is 0. The molecule has 0 bridgehead atoms. The molecule has 4 heteroatoms. The maximum absolute atomic E-state index is 6.10. The maximum atomic E-state index is 6.10. The Kier molecular flexibility index (Phi) is 3.74. The summed E-state index contributed by atoms with van der Waals surface area (Å²) in [4.78, 5) is 5.47. The standard InChI is InChI=1S/C11H21NOSSi/c1-9-12-7-10(14-9)8-13-15(5,6)11(2,3)4/h7H,8H2,1-6H3. The van der Waals surface area contributed by atoms with E-state index in [-0.39, 0.29) is 5.04 Å². The van der Waals surface area contributed by atoms with Crippen molar-refractivity contribution in [3.8, 4) is 0 Å². The van der Waals surface area contributed by atoms with Gasteiger partial charge in [0.2, 0.25) is 0 Å². The summed E-state index contributed by atoms with van der Waals surface area (Å²) in [5.74, 6) is 0. The molecule has 0 spiro atoms. The quantitative estimate of drug-likeness (QED) is 0.749. The maximum Gasteiger partial charge on any atom is 0.192 e. The van der Waals surface area contributed by atoms with Crippen molar-refractivity contribution in [2.75, 3.05) is 0 Å². The summed E-state index contributed by atoms with van der Waals surface area (Å²) in [6.07, 6.45) is 1.92. The molecule has 2 nitrogen and oxygen atoms in total. The molecular weight excluding hydrogens is 222 g/mol. The summed E-state index contributed by atoms with van der Waals surface area (Å²) in [7, 11) is -1.60. The fourth-order valence-electron chi connectivity index (χ4n) is 0.940. The fraction of sp³-hybridized carbons (Fsp3) is 0.727. The van der Waals surface area contributed by atoms with E-state index in [1.807, 2.05) is 13.1 Å². The highest BCUT2D eigenvalue weighted by Gasteiger charge is 2.37.